The fraction of sp³-hybridized carbons (Fsp3) is 0.294. The zero-order valence-corrected chi connectivity index (χ0v) is 12.4. The van der Waals surface area contributed by atoms with Gasteiger partial charge in [-0.15, -0.1) is 0 Å². The van der Waals surface area contributed by atoms with Gasteiger partial charge in [0.1, 0.15) is 0 Å². The molecule has 0 aliphatic heterocycles. The van der Waals surface area contributed by atoms with E-state index in [4.69, 9.17) is 0 Å². The number of benzene rings is 2. The second kappa shape index (κ2) is 6.16. The zero-order chi connectivity index (χ0) is 13.0. The van der Waals surface area contributed by atoms with Crippen LogP contribution in [0.3, 0.4) is 0 Å². The van der Waals surface area contributed by atoms with Crippen LogP contribution in [0.5, 0.6) is 0 Å². The highest BCUT2D eigenvalue weighted by Crippen LogP contribution is 2.36. The molecule has 2 aromatic carbocycles. The Labute approximate surface area is 112 Å². The van der Waals surface area contributed by atoms with Crippen LogP contribution in [0.2, 0.25) is 0 Å². The van der Waals surface area contributed by atoms with E-state index in [1.165, 1.54) is 23.7 Å². The molecule has 0 atom stereocenters. The average Bonchev–Trinajstić information content (AvgIpc) is 2.38. The molecule has 0 bridgehead atoms. The molecule has 0 aliphatic carbocycles. The Morgan fingerprint density at radius 2 is 1.22 bits per heavy atom. The lowest BCUT2D eigenvalue weighted by Crippen LogP contribution is -2.18. The van der Waals surface area contributed by atoms with Gasteiger partial charge < -0.3 is 0 Å². The van der Waals surface area contributed by atoms with Crippen molar-refractivity contribution in [1.82, 2.24) is 0 Å². The van der Waals surface area contributed by atoms with E-state index in [0.29, 0.717) is 0 Å². The molecule has 0 aromatic heterocycles. The van der Waals surface area contributed by atoms with E-state index < -0.39 is 0 Å². The van der Waals surface area contributed by atoms with E-state index >= 15 is 0 Å². The highest BCUT2D eigenvalue weighted by atomic mass is 31.1. The lowest BCUT2D eigenvalue weighted by molar-refractivity contribution is 1.10. The van der Waals surface area contributed by atoms with Gasteiger partial charge >= 0.3 is 0 Å². The Hall–Kier alpha value is -1.13. The molecule has 0 unspecified atom stereocenters. The topological polar surface area (TPSA) is 0 Å². The standard InChI is InChI=1S/C17H21P/c1-4-13-18(16-11-7-5-9-14(16)2)17-12-8-6-10-15(17)3/h5-12H,4,13H2,1-3H3. The maximum atomic E-state index is 2.31. The number of aryl methyl sites for hydroxylation is 2. The molecule has 0 nitrogen and oxygen atoms in total. The first-order valence-corrected chi connectivity index (χ1v) is 8.15. The van der Waals surface area contributed by atoms with Gasteiger partial charge in [0, 0.05) is 0 Å². The summed E-state index contributed by atoms with van der Waals surface area (Å²) < 4.78 is 0. The third kappa shape index (κ3) is 2.82. The van der Waals surface area contributed by atoms with Crippen molar-refractivity contribution in [2.24, 2.45) is 0 Å². The quantitative estimate of drug-likeness (QED) is 0.721. The molecule has 0 spiro atoms. The van der Waals surface area contributed by atoms with Crippen molar-refractivity contribution < 1.29 is 0 Å². The lowest BCUT2D eigenvalue weighted by atomic mass is 10.2. The van der Waals surface area contributed by atoms with Gasteiger partial charge in [0.25, 0.3) is 0 Å². The van der Waals surface area contributed by atoms with Gasteiger partial charge in [0.15, 0.2) is 0 Å². The summed E-state index contributed by atoms with van der Waals surface area (Å²) in [5, 5.41) is 3.09. The first kappa shape index (κ1) is 13.3. The maximum Gasteiger partial charge on any atom is -0.0166 e. The fourth-order valence-corrected chi connectivity index (χ4v) is 5.05. The molecular formula is C17H21P. The van der Waals surface area contributed by atoms with Crippen LogP contribution in [0.1, 0.15) is 24.5 Å². The summed E-state index contributed by atoms with van der Waals surface area (Å²) in [7, 11) is -0.193. The van der Waals surface area contributed by atoms with E-state index in [0.717, 1.165) is 0 Å². The molecule has 94 valence electrons. The Bertz CT molecular complexity index is 471. The van der Waals surface area contributed by atoms with Crippen molar-refractivity contribution in [1.29, 1.82) is 0 Å². The second-order valence-electron chi connectivity index (χ2n) is 4.72. The van der Waals surface area contributed by atoms with Crippen molar-refractivity contribution in [3.8, 4) is 0 Å². The molecule has 0 N–H and O–H groups in total. The Morgan fingerprint density at radius 1 is 0.778 bits per heavy atom. The monoisotopic (exact) mass is 256 g/mol. The van der Waals surface area contributed by atoms with Crippen molar-refractivity contribution in [3.63, 3.8) is 0 Å². The van der Waals surface area contributed by atoms with Crippen LogP contribution in [0.15, 0.2) is 48.5 Å². The Balaban J connectivity index is 2.47. The van der Waals surface area contributed by atoms with Crippen LogP contribution in [0, 0.1) is 13.8 Å². The van der Waals surface area contributed by atoms with Gasteiger partial charge in [-0.25, -0.2) is 0 Å². The van der Waals surface area contributed by atoms with Crippen LogP contribution in [0.25, 0.3) is 0 Å². The summed E-state index contributed by atoms with van der Waals surface area (Å²) in [5.74, 6) is 0. The summed E-state index contributed by atoms with van der Waals surface area (Å²) in [6, 6.07) is 17.7. The minimum Gasteiger partial charge on any atom is -0.0650 e. The van der Waals surface area contributed by atoms with Crippen LogP contribution in [0.4, 0.5) is 0 Å². The van der Waals surface area contributed by atoms with Gasteiger partial charge in [0.05, 0.1) is 0 Å². The van der Waals surface area contributed by atoms with Gasteiger partial charge in [-0.1, -0.05) is 61.9 Å². The molecule has 18 heavy (non-hydrogen) atoms. The van der Waals surface area contributed by atoms with Gasteiger partial charge in [-0.2, -0.15) is 0 Å². The predicted molar refractivity (Wildman–Crippen MR) is 83.7 cm³/mol. The number of hydrogen-bond acceptors (Lipinski definition) is 0. The van der Waals surface area contributed by atoms with Gasteiger partial charge in [0.2, 0.25) is 0 Å². The summed E-state index contributed by atoms with van der Waals surface area (Å²) in [6.07, 6.45) is 2.53. The Morgan fingerprint density at radius 3 is 1.61 bits per heavy atom. The number of hydrogen-bond donors (Lipinski definition) is 0. The van der Waals surface area contributed by atoms with Crippen molar-refractivity contribution in [2.75, 3.05) is 6.16 Å². The molecule has 0 radical (unpaired) electrons. The van der Waals surface area contributed by atoms with Crippen LogP contribution < -0.4 is 10.6 Å². The molecule has 2 aromatic rings. The molecule has 0 saturated heterocycles. The minimum absolute atomic E-state index is 0.193. The van der Waals surface area contributed by atoms with Crippen LogP contribution >= 0.6 is 7.92 Å². The molecule has 0 aliphatic rings. The largest absolute Gasteiger partial charge is 0.0650 e. The van der Waals surface area contributed by atoms with Crippen LogP contribution in [-0.2, 0) is 0 Å². The van der Waals surface area contributed by atoms with E-state index in [9.17, 15) is 0 Å². The first-order chi connectivity index (χ1) is 8.74. The van der Waals surface area contributed by atoms with E-state index in [1.807, 2.05) is 0 Å². The summed E-state index contributed by atoms with van der Waals surface area (Å²) in [6.45, 7) is 6.75. The molecule has 0 heterocycles. The van der Waals surface area contributed by atoms with Crippen molar-refractivity contribution >= 4 is 18.5 Å². The fourth-order valence-electron chi connectivity index (χ4n) is 2.33. The average molecular weight is 256 g/mol. The molecule has 0 amide bonds. The summed E-state index contributed by atoms with van der Waals surface area (Å²) in [4.78, 5) is 0. The molecule has 0 saturated carbocycles. The highest BCUT2D eigenvalue weighted by molar-refractivity contribution is 7.73. The summed E-state index contributed by atoms with van der Waals surface area (Å²) >= 11 is 0. The van der Waals surface area contributed by atoms with Crippen LogP contribution in [-0.4, -0.2) is 6.16 Å². The Kier molecular flexibility index (Phi) is 4.55. The SMILES string of the molecule is CCCP(c1ccccc1C)c1ccccc1C. The molecular weight excluding hydrogens is 235 g/mol. The van der Waals surface area contributed by atoms with Gasteiger partial charge in [-0.05, 0) is 49.7 Å². The van der Waals surface area contributed by atoms with E-state index in [-0.39, 0.29) is 7.92 Å². The molecule has 1 heteroatoms. The normalized spacial score (nSPS) is 10.9. The summed E-state index contributed by atoms with van der Waals surface area (Å²) in [5.41, 5.74) is 2.86. The second-order valence-corrected chi connectivity index (χ2v) is 6.99. The predicted octanol–water partition coefficient (Wildman–Crippen LogP) is 4.15. The third-order valence-corrected chi connectivity index (χ3v) is 6.32. The van der Waals surface area contributed by atoms with Crippen molar-refractivity contribution in [2.45, 2.75) is 27.2 Å². The third-order valence-electron chi connectivity index (χ3n) is 3.26. The molecule has 0 fully saturated rings. The van der Waals surface area contributed by atoms with E-state index in [2.05, 4.69) is 69.3 Å². The zero-order valence-electron chi connectivity index (χ0n) is 11.5. The van der Waals surface area contributed by atoms with Gasteiger partial charge in [-0.3, -0.25) is 0 Å². The maximum absolute atomic E-state index is 2.31. The minimum atomic E-state index is -0.193. The highest BCUT2D eigenvalue weighted by Gasteiger charge is 2.15. The lowest BCUT2D eigenvalue weighted by Gasteiger charge is -2.21. The smallest absolute Gasteiger partial charge is 0.0166 e. The number of rotatable bonds is 4. The molecule has 2 rings (SSSR count). The first-order valence-electron chi connectivity index (χ1n) is 6.63. The van der Waals surface area contributed by atoms with E-state index in [1.54, 1.807) is 10.6 Å². The van der Waals surface area contributed by atoms with Crippen molar-refractivity contribution in [3.05, 3.63) is 59.7 Å².